The number of allylic oxidation sites excluding steroid dienone is 1. The Morgan fingerprint density at radius 3 is 2.62 bits per heavy atom. The smallest absolute Gasteiger partial charge is 0.152 e. The van der Waals surface area contributed by atoms with Crippen molar-refractivity contribution in [2.24, 2.45) is 0 Å². The van der Waals surface area contributed by atoms with E-state index in [1.807, 2.05) is 0 Å². The zero-order chi connectivity index (χ0) is 9.84. The molecule has 1 nitrogen and oxygen atoms in total. The van der Waals surface area contributed by atoms with Crippen LogP contribution in [-0.2, 0) is 4.79 Å². The number of halogens is 2. The van der Waals surface area contributed by atoms with Crippen molar-refractivity contribution in [3.05, 3.63) is 41.5 Å². The van der Waals surface area contributed by atoms with Crippen LogP contribution in [0.25, 0.3) is 6.08 Å². The summed E-state index contributed by atoms with van der Waals surface area (Å²) in [6, 6.07) is 3.20. The van der Waals surface area contributed by atoms with Crippen molar-refractivity contribution in [2.75, 3.05) is 0 Å². The molecule has 0 spiro atoms. The second kappa shape index (κ2) is 3.94. The Hall–Kier alpha value is -1.51. The lowest BCUT2D eigenvalue weighted by molar-refractivity contribution is -0.112. The molecule has 1 aromatic rings. The SMILES string of the molecule is CC(=O)C=Cc1ccc(F)cc1F. The number of rotatable bonds is 2. The zero-order valence-electron chi connectivity index (χ0n) is 7.05. The molecule has 0 fully saturated rings. The van der Waals surface area contributed by atoms with Gasteiger partial charge in [0.15, 0.2) is 5.78 Å². The van der Waals surface area contributed by atoms with Gasteiger partial charge in [0.2, 0.25) is 0 Å². The highest BCUT2D eigenvalue weighted by Gasteiger charge is 1.99. The third kappa shape index (κ3) is 2.78. The topological polar surface area (TPSA) is 17.1 Å². The van der Waals surface area contributed by atoms with Crippen molar-refractivity contribution >= 4 is 11.9 Å². The Labute approximate surface area is 74.7 Å². The van der Waals surface area contributed by atoms with Gasteiger partial charge < -0.3 is 0 Å². The van der Waals surface area contributed by atoms with Gasteiger partial charge in [-0.05, 0) is 31.2 Å². The Balaban J connectivity index is 2.96. The lowest BCUT2D eigenvalue weighted by atomic mass is 10.2. The fourth-order valence-corrected chi connectivity index (χ4v) is 0.844. The lowest BCUT2D eigenvalue weighted by Crippen LogP contribution is -1.85. The van der Waals surface area contributed by atoms with Crippen molar-refractivity contribution in [3.63, 3.8) is 0 Å². The highest BCUT2D eigenvalue weighted by molar-refractivity contribution is 5.91. The minimum absolute atomic E-state index is 0.177. The maximum Gasteiger partial charge on any atom is 0.152 e. The maximum atomic E-state index is 12.9. The van der Waals surface area contributed by atoms with E-state index in [4.69, 9.17) is 0 Å². The summed E-state index contributed by atoms with van der Waals surface area (Å²) in [7, 11) is 0. The van der Waals surface area contributed by atoms with Crippen LogP contribution in [0.1, 0.15) is 12.5 Å². The van der Waals surface area contributed by atoms with Crippen molar-refractivity contribution < 1.29 is 13.6 Å². The van der Waals surface area contributed by atoms with E-state index in [0.717, 1.165) is 12.1 Å². The van der Waals surface area contributed by atoms with Gasteiger partial charge in [0.1, 0.15) is 11.6 Å². The predicted molar refractivity (Wildman–Crippen MR) is 46.1 cm³/mol. The summed E-state index contributed by atoms with van der Waals surface area (Å²) in [5.41, 5.74) is 0.205. The van der Waals surface area contributed by atoms with Crippen LogP contribution >= 0.6 is 0 Å². The third-order valence-corrected chi connectivity index (χ3v) is 1.46. The fourth-order valence-electron chi connectivity index (χ4n) is 0.844. The summed E-state index contributed by atoms with van der Waals surface area (Å²) in [4.78, 5) is 10.5. The summed E-state index contributed by atoms with van der Waals surface area (Å²) < 4.78 is 25.3. The molecule has 68 valence electrons. The molecule has 13 heavy (non-hydrogen) atoms. The molecule has 1 rings (SSSR count). The van der Waals surface area contributed by atoms with E-state index in [0.29, 0.717) is 0 Å². The predicted octanol–water partition coefficient (Wildman–Crippen LogP) is 2.57. The number of hydrogen-bond acceptors (Lipinski definition) is 1. The average molecular weight is 182 g/mol. The van der Waals surface area contributed by atoms with Crippen LogP contribution in [0, 0.1) is 11.6 Å². The minimum Gasteiger partial charge on any atom is -0.295 e. The maximum absolute atomic E-state index is 12.9. The summed E-state index contributed by atoms with van der Waals surface area (Å²) in [6.07, 6.45) is 2.55. The molecule has 1 aromatic carbocycles. The molecule has 0 aromatic heterocycles. The molecule has 0 amide bonds. The molecular formula is C10H8F2O. The molecule has 0 aliphatic carbocycles. The van der Waals surface area contributed by atoms with Crippen molar-refractivity contribution in [1.82, 2.24) is 0 Å². The van der Waals surface area contributed by atoms with E-state index >= 15 is 0 Å². The molecule has 0 aliphatic rings. The van der Waals surface area contributed by atoms with Gasteiger partial charge >= 0.3 is 0 Å². The Morgan fingerprint density at radius 1 is 1.38 bits per heavy atom. The Kier molecular flexibility index (Phi) is 2.90. The van der Waals surface area contributed by atoms with Gasteiger partial charge in [0.05, 0.1) is 0 Å². The van der Waals surface area contributed by atoms with Gasteiger partial charge in [0.25, 0.3) is 0 Å². The minimum atomic E-state index is -0.669. The Morgan fingerprint density at radius 2 is 2.08 bits per heavy atom. The molecule has 0 atom stereocenters. The molecule has 0 aliphatic heterocycles. The van der Waals surface area contributed by atoms with E-state index in [1.165, 1.54) is 25.1 Å². The first-order chi connectivity index (χ1) is 6.09. The molecule has 0 radical (unpaired) electrons. The lowest BCUT2D eigenvalue weighted by Gasteiger charge is -1.95. The van der Waals surface area contributed by atoms with Crippen LogP contribution in [0.15, 0.2) is 24.3 Å². The van der Waals surface area contributed by atoms with Crippen molar-refractivity contribution in [1.29, 1.82) is 0 Å². The second-order valence-electron chi connectivity index (χ2n) is 2.61. The summed E-state index contributed by atoms with van der Waals surface area (Å²) in [5, 5.41) is 0. The summed E-state index contributed by atoms with van der Waals surface area (Å²) >= 11 is 0. The largest absolute Gasteiger partial charge is 0.295 e. The van der Waals surface area contributed by atoms with Gasteiger partial charge in [0, 0.05) is 11.6 Å². The summed E-state index contributed by atoms with van der Waals surface area (Å²) in [5.74, 6) is -1.47. The van der Waals surface area contributed by atoms with Gasteiger partial charge in [-0.2, -0.15) is 0 Å². The van der Waals surface area contributed by atoms with E-state index in [2.05, 4.69) is 0 Å². The number of benzene rings is 1. The first-order valence-electron chi connectivity index (χ1n) is 3.73. The van der Waals surface area contributed by atoms with Crippen LogP contribution in [-0.4, -0.2) is 5.78 Å². The molecule has 0 heterocycles. The van der Waals surface area contributed by atoms with Crippen LogP contribution in [0.3, 0.4) is 0 Å². The first kappa shape index (κ1) is 9.58. The average Bonchev–Trinajstić information content (AvgIpc) is 2.02. The molecule has 0 N–H and O–H groups in total. The number of ketones is 1. The fraction of sp³-hybridized carbons (Fsp3) is 0.100. The van der Waals surface area contributed by atoms with Crippen LogP contribution < -0.4 is 0 Å². The second-order valence-corrected chi connectivity index (χ2v) is 2.61. The third-order valence-electron chi connectivity index (χ3n) is 1.46. The molecule has 0 unspecified atom stereocenters. The molecule has 0 bridgehead atoms. The van der Waals surface area contributed by atoms with E-state index in [-0.39, 0.29) is 11.3 Å². The zero-order valence-corrected chi connectivity index (χ0v) is 7.05. The van der Waals surface area contributed by atoms with Gasteiger partial charge in [-0.3, -0.25) is 4.79 Å². The summed E-state index contributed by atoms with van der Waals surface area (Å²) in [6.45, 7) is 1.36. The molecule has 0 saturated carbocycles. The van der Waals surface area contributed by atoms with Gasteiger partial charge in [-0.15, -0.1) is 0 Å². The van der Waals surface area contributed by atoms with Crippen LogP contribution in [0.2, 0.25) is 0 Å². The Bertz CT molecular complexity index is 356. The van der Waals surface area contributed by atoms with Crippen molar-refractivity contribution in [3.8, 4) is 0 Å². The van der Waals surface area contributed by atoms with Crippen LogP contribution in [0.4, 0.5) is 8.78 Å². The quantitative estimate of drug-likeness (QED) is 0.642. The van der Waals surface area contributed by atoms with Gasteiger partial charge in [-0.25, -0.2) is 8.78 Å². The monoisotopic (exact) mass is 182 g/mol. The van der Waals surface area contributed by atoms with E-state index < -0.39 is 11.6 Å². The molecular weight excluding hydrogens is 174 g/mol. The number of carbonyl (C=O) groups excluding carboxylic acids is 1. The standard InChI is InChI=1S/C10H8F2O/c1-7(13)2-3-8-4-5-9(11)6-10(8)12/h2-6H,1H3. The van der Waals surface area contributed by atoms with E-state index in [9.17, 15) is 13.6 Å². The first-order valence-corrected chi connectivity index (χ1v) is 3.73. The highest BCUT2D eigenvalue weighted by Crippen LogP contribution is 2.10. The molecule has 0 saturated heterocycles. The molecule has 3 heteroatoms. The number of hydrogen-bond donors (Lipinski definition) is 0. The van der Waals surface area contributed by atoms with Crippen molar-refractivity contribution in [2.45, 2.75) is 6.92 Å². The van der Waals surface area contributed by atoms with Gasteiger partial charge in [-0.1, -0.05) is 0 Å². The van der Waals surface area contributed by atoms with E-state index in [1.54, 1.807) is 0 Å². The highest BCUT2D eigenvalue weighted by atomic mass is 19.1. The number of carbonyl (C=O) groups is 1. The normalized spacial score (nSPS) is 10.7. The van der Waals surface area contributed by atoms with Crippen LogP contribution in [0.5, 0.6) is 0 Å².